The number of likely N-dealkylation sites (tertiary alicyclic amines) is 2. The molecule has 2 heterocycles. The molecule has 0 bridgehead atoms. The van der Waals surface area contributed by atoms with E-state index in [4.69, 9.17) is 0 Å². The zero-order chi connectivity index (χ0) is 15.7. The maximum Gasteiger partial charge on any atom is 0.230 e. The summed E-state index contributed by atoms with van der Waals surface area (Å²) in [4.78, 5) is 17.2. The summed E-state index contributed by atoms with van der Waals surface area (Å²) in [6.07, 6.45) is 1.91. The van der Waals surface area contributed by atoms with Gasteiger partial charge in [0.15, 0.2) is 0 Å². The molecule has 120 valence electrons. The Bertz CT molecular complexity index is 560. The molecule has 3 nitrogen and oxygen atoms in total. The van der Waals surface area contributed by atoms with Crippen LogP contribution in [0.5, 0.6) is 0 Å². The minimum atomic E-state index is -0.233. The summed E-state index contributed by atoms with van der Waals surface area (Å²) in [5, 5.41) is 0. The summed E-state index contributed by atoms with van der Waals surface area (Å²) in [7, 11) is 0. The fraction of sp³-hybridized carbons (Fsp3) is 0.611. The van der Waals surface area contributed by atoms with Gasteiger partial charge in [-0.1, -0.05) is 26.0 Å². The van der Waals surface area contributed by atoms with Gasteiger partial charge in [-0.3, -0.25) is 4.79 Å². The topological polar surface area (TPSA) is 23.6 Å². The molecule has 2 fully saturated rings. The summed E-state index contributed by atoms with van der Waals surface area (Å²) in [5.41, 5.74) is 0.699. The zero-order valence-electron chi connectivity index (χ0n) is 13.5. The fourth-order valence-corrected chi connectivity index (χ4v) is 3.91. The second kappa shape index (κ2) is 5.99. The lowest BCUT2D eigenvalue weighted by Gasteiger charge is -2.24. The number of amides is 1. The minimum Gasteiger partial charge on any atom is -0.338 e. The van der Waals surface area contributed by atoms with E-state index in [0.29, 0.717) is 12.5 Å². The van der Waals surface area contributed by atoms with Gasteiger partial charge in [-0.2, -0.15) is 0 Å². The van der Waals surface area contributed by atoms with Crippen molar-refractivity contribution < 1.29 is 9.18 Å². The van der Waals surface area contributed by atoms with Crippen LogP contribution in [0.1, 0.15) is 32.3 Å². The van der Waals surface area contributed by atoms with Crippen LogP contribution in [0.4, 0.5) is 4.39 Å². The second-order valence-corrected chi connectivity index (χ2v) is 7.27. The third-order valence-corrected chi connectivity index (χ3v) is 4.92. The number of carbonyl (C=O) groups excluding carboxylic acids is 1. The Kier molecular flexibility index (Phi) is 4.22. The first-order valence-corrected chi connectivity index (χ1v) is 8.25. The number of nitrogens with zero attached hydrogens (tertiary/aromatic N) is 2. The summed E-state index contributed by atoms with van der Waals surface area (Å²) in [6, 6.07) is 6.57. The van der Waals surface area contributed by atoms with E-state index in [2.05, 4.69) is 18.7 Å². The number of hydrogen-bond donors (Lipinski definition) is 0. The molecule has 0 radical (unpaired) electrons. The first-order valence-electron chi connectivity index (χ1n) is 8.25. The lowest BCUT2D eigenvalue weighted by molar-refractivity contribution is -0.136. The Morgan fingerprint density at radius 3 is 2.77 bits per heavy atom. The SMILES string of the molecule is CC(C)CN1CC[C@]2(CCN(Cc3cccc(F)c3)C2=O)C1. The van der Waals surface area contributed by atoms with Crippen LogP contribution in [0.2, 0.25) is 0 Å². The summed E-state index contributed by atoms with van der Waals surface area (Å²) < 4.78 is 13.3. The van der Waals surface area contributed by atoms with Crippen molar-refractivity contribution in [3.8, 4) is 0 Å². The van der Waals surface area contributed by atoms with Gasteiger partial charge in [0.1, 0.15) is 5.82 Å². The van der Waals surface area contributed by atoms with Crippen LogP contribution in [-0.2, 0) is 11.3 Å². The summed E-state index contributed by atoms with van der Waals surface area (Å²) in [6.45, 7) is 8.75. The van der Waals surface area contributed by atoms with Gasteiger partial charge in [-0.25, -0.2) is 4.39 Å². The number of rotatable bonds is 4. The first kappa shape index (κ1) is 15.5. The second-order valence-electron chi connectivity index (χ2n) is 7.27. The van der Waals surface area contributed by atoms with E-state index in [1.165, 1.54) is 12.1 Å². The molecule has 1 amide bonds. The van der Waals surface area contributed by atoms with Gasteiger partial charge >= 0.3 is 0 Å². The molecule has 0 N–H and O–H groups in total. The van der Waals surface area contributed by atoms with Crippen molar-refractivity contribution in [2.75, 3.05) is 26.2 Å². The van der Waals surface area contributed by atoms with Crippen LogP contribution < -0.4 is 0 Å². The van der Waals surface area contributed by atoms with E-state index in [0.717, 1.165) is 44.6 Å². The molecular formula is C18H25FN2O. The van der Waals surface area contributed by atoms with Crippen molar-refractivity contribution in [3.63, 3.8) is 0 Å². The highest BCUT2D eigenvalue weighted by Gasteiger charge is 2.50. The molecule has 4 heteroatoms. The molecule has 3 rings (SSSR count). The highest BCUT2D eigenvalue weighted by molar-refractivity contribution is 5.85. The smallest absolute Gasteiger partial charge is 0.230 e. The molecule has 1 aromatic carbocycles. The maximum absolute atomic E-state index is 13.3. The van der Waals surface area contributed by atoms with Gasteiger partial charge in [-0.05, 0) is 43.0 Å². The monoisotopic (exact) mass is 304 g/mol. The standard InChI is InChI=1S/C18H25FN2O/c1-14(2)11-20-8-6-18(13-20)7-9-21(17(18)22)12-15-4-3-5-16(19)10-15/h3-5,10,14H,6-9,11-13H2,1-2H3/t18-/m0/s1. The molecule has 0 aromatic heterocycles. The van der Waals surface area contributed by atoms with Gasteiger partial charge in [0.25, 0.3) is 0 Å². The molecule has 0 aliphatic carbocycles. The van der Waals surface area contributed by atoms with Gasteiger partial charge in [0.2, 0.25) is 5.91 Å². The molecule has 1 atom stereocenters. The predicted octanol–water partition coefficient (Wildman–Crippen LogP) is 2.91. The van der Waals surface area contributed by atoms with E-state index in [-0.39, 0.29) is 17.1 Å². The van der Waals surface area contributed by atoms with E-state index in [1.54, 1.807) is 6.07 Å². The van der Waals surface area contributed by atoms with Crippen molar-refractivity contribution in [1.82, 2.24) is 9.80 Å². The van der Waals surface area contributed by atoms with Crippen molar-refractivity contribution >= 4 is 5.91 Å². The number of hydrogen-bond acceptors (Lipinski definition) is 2. The van der Waals surface area contributed by atoms with Gasteiger partial charge < -0.3 is 9.80 Å². The van der Waals surface area contributed by atoms with Crippen LogP contribution in [0.15, 0.2) is 24.3 Å². The molecule has 1 aromatic rings. The third-order valence-electron chi connectivity index (χ3n) is 4.92. The van der Waals surface area contributed by atoms with Crippen LogP contribution in [-0.4, -0.2) is 41.9 Å². The molecular weight excluding hydrogens is 279 g/mol. The maximum atomic E-state index is 13.3. The Hall–Kier alpha value is -1.42. The Morgan fingerprint density at radius 1 is 1.27 bits per heavy atom. The largest absolute Gasteiger partial charge is 0.338 e. The molecule has 0 unspecified atom stereocenters. The molecule has 2 aliphatic rings. The van der Waals surface area contributed by atoms with E-state index < -0.39 is 0 Å². The summed E-state index contributed by atoms with van der Waals surface area (Å²) >= 11 is 0. The summed E-state index contributed by atoms with van der Waals surface area (Å²) in [5.74, 6) is 0.668. The average Bonchev–Trinajstić information content (AvgIpc) is 2.98. The normalized spacial score (nSPS) is 25.8. The Labute approximate surface area is 132 Å². The fourth-order valence-electron chi connectivity index (χ4n) is 3.91. The predicted molar refractivity (Wildman–Crippen MR) is 84.8 cm³/mol. The Morgan fingerprint density at radius 2 is 2.05 bits per heavy atom. The Balaban J connectivity index is 1.65. The van der Waals surface area contributed by atoms with Crippen molar-refractivity contribution in [1.29, 1.82) is 0 Å². The molecule has 22 heavy (non-hydrogen) atoms. The first-order chi connectivity index (χ1) is 10.5. The minimum absolute atomic E-state index is 0.178. The molecule has 1 spiro atoms. The van der Waals surface area contributed by atoms with Gasteiger partial charge in [-0.15, -0.1) is 0 Å². The van der Waals surface area contributed by atoms with Crippen molar-refractivity contribution in [2.45, 2.75) is 33.2 Å². The average molecular weight is 304 g/mol. The highest BCUT2D eigenvalue weighted by atomic mass is 19.1. The molecule has 0 saturated carbocycles. The van der Waals surface area contributed by atoms with E-state index in [1.807, 2.05) is 11.0 Å². The number of benzene rings is 1. The van der Waals surface area contributed by atoms with Crippen LogP contribution >= 0.6 is 0 Å². The van der Waals surface area contributed by atoms with Crippen LogP contribution in [0, 0.1) is 17.2 Å². The van der Waals surface area contributed by atoms with Crippen LogP contribution in [0.25, 0.3) is 0 Å². The van der Waals surface area contributed by atoms with Crippen LogP contribution in [0.3, 0.4) is 0 Å². The lowest BCUT2D eigenvalue weighted by Crippen LogP contribution is -2.37. The lowest BCUT2D eigenvalue weighted by atomic mass is 9.85. The number of halogens is 1. The van der Waals surface area contributed by atoms with E-state index in [9.17, 15) is 9.18 Å². The highest BCUT2D eigenvalue weighted by Crippen LogP contribution is 2.41. The van der Waals surface area contributed by atoms with Crippen molar-refractivity contribution in [2.24, 2.45) is 11.3 Å². The molecule has 2 saturated heterocycles. The zero-order valence-corrected chi connectivity index (χ0v) is 13.5. The van der Waals surface area contributed by atoms with E-state index >= 15 is 0 Å². The van der Waals surface area contributed by atoms with Crippen molar-refractivity contribution in [3.05, 3.63) is 35.6 Å². The quantitative estimate of drug-likeness (QED) is 0.854. The molecule has 2 aliphatic heterocycles. The third kappa shape index (κ3) is 3.02. The van der Waals surface area contributed by atoms with Gasteiger partial charge in [0, 0.05) is 26.2 Å². The van der Waals surface area contributed by atoms with Gasteiger partial charge in [0.05, 0.1) is 5.41 Å². The number of carbonyl (C=O) groups is 1.